The Morgan fingerprint density at radius 3 is 2.86 bits per heavy atom. The molecule has 1 fully saturated rings. The van der Waals surface area contributed by atoms with E-state index in [1.54, 1.807) is 6.20 Å². The van der Waals surface area contributed by atoms with Crippen molar-refractivity contribution in [2.45, 2.75) is 25.6 Å². The van der Waals surface area contributed by atoms with Gasteiger partial charge in [0.2, 0.25) is 0 Å². The number of pyridine rings is 1. The molecule has 0 atom stereocenters. The maximum Gasteiger partial charge on any atom is 0.165 e. The van der Waals surface area contributed by atoms with Crippen LogP contribution in [0.2, 0.25) is 0 Å². The van der Waals surface area contributed by atoms with Crippen LogP contribution in [0.3, 0.4) is 0 Å². The van der Waals surface area contributed by atoms with Crippen molar-refractivity contribution >= 4 is 22.3 Å². The Morgan fingerprint density at radius 2 is 2.05 bits per heavy atom. The van der Waals surface area contributed by atoms with Crippen LogP contribution in [0.15, 0.2) is 30.5 Å². The molecular formula is C16H21N3O2. The molecule has 0 spiro atoms. The lowest BCUT2D eigenvalue weighted by molar-refractivity contribution is -0.146. The number of nitrogen functional groups attached to an aromatic ring is 1. The third-order valence-corrected chi connectivity index (χ3v) is 3.84. The number of para-hydroxylation sites is 1. The second kappa shape index (κ2) is 5.87. The van der Waals surface area contributed by atoms with Gasteiger partial charge in [-0.25, -0.2) is 0 Å². The highest BCUT2D eigenvalue weighted by Crippen LogP contribution is 2.27. The Kier molecular flexibility index (Phi) is 3.94. The predicted molar refractivity (Wildman–Crippen MR) is 84.2 cm³/mol. The summed E-state index contributed by atoms with van der Waals surface area (Å²) in [5.41, 5.74) is 8.75. The van der Waals surface area contributed by atoms with Gasteiger partial charge in [-0.05, 0) is 19.4 Å². The van der Waals surface area contributed by atoms with E-state index < -0.39 is 5.79 Å². The first-order valence-corrected chi connectivity index (χ1v) is 7.33. The fourth-order valence-electron chi connectivity index (χ4n) is 2.64. The fraction of sp³-hybridized carbons (Fsp3) is 0.438. The first kappa shape index (κ1) is 14.1. The minimum absolute atomic E-state index is 0.422. The molecule has 0 unspecified atom stereocenters. The van der Waals surface area contributed by atoms with Crippen LogP contribution >= 0.6 is 0 Å². The smallest absolute Gasteiger partial charge is 0.165 e. The average Bonchev–Trinajstić information content (AvgIpc) is 2.93. The Bertz CT molecular complexity index is 624. The molecule has 2 aromatic rings. The summed E-state index contributed by atoms with van der Waals surface area (Å²) >= 11 is 0. The lowest BCUT2D eigenvalue weighted by atomic mass is 10.1. The maximum atomic E-state index is 6.20. The maximum absolute atomic E-state index is 6.20. The molecule has 21 heavy (non-hydrogen) atoms. The zero-order chi connectivity index (χ0) is 14.7. The van der Waals surface area contributed by atoms with Gasteiger partial charge in [-0.15, -0.1) is 0 Å². The van der Waals surface area contributed by atoms with Crippen LogP contribution in [-0.4, -0.2) is 30.5 Å². The van der Waals surface area contributed by atoms with Gasteiger partial charge in [-0.3, -0.25) is 4.98 Å². The number of ether oxygens (including phenoxy) is 2. The Hall–Kier alpha value is -1.85. The largest absolute Gasteiger partial charge is 0.396 e. The summed E-state index contributed by atoms with van der Waals surface area (Å²) in [5, 5.41) is 4.33. The number of aromatic nitrogens is 1. The molecule has 5 nitrogen and oxygen atoms in total. The zero-order valence-corrected chi connectivity index (χ0v) is 12.3. The van der Waals surface area contributed by atoms with E-state index in [1.807, 2.05) is 31.2 Å². The molecule has 1 aromatic carbocycles. The van der Waals surface area contributed by atoms with Crippen molar-refractivity contribution in [1.29, 1.82) is 0 Å². The van der Waals surface area contributed by atoms with Crippen molar-refractivity contribution in [3.8, 4) is 0 Å². The van der Waals surface area contributed by atoms with Crippen LogP contribution in [0.1, 0.15) is 19.8 Å². The van der Waals surface area contributed by atoms with Crippen LogP contribution in [0, 0.1) is 0 Å². The molecule has 1 saturated heterocycles. The van der Waals surface area contributed by atoms with Crippen molar-refractivity contribution in [2.75, 3.05) is 30.8 Å². The van der Waals surface area contributed by atoms with Crippen molar-refractivity contribution in [1.82, 2.24) is 4.98 Å². The average molecular weight is 287 g/mol. The molecule has 1 aliphatic heterocycles. The second-order valence-electron chi connectivity index (χ2n) is 5.46. The number of hydrogen-bond acceptors (Lipinski definition) is 5. The molecule has 3 N–H and O–H groups in total. The van der Waals surface area contributed by atoms with Crippen molar-refractivity contribution < 1.29 is 9.47 Å². The van der Waals surface area contributed by atoms with E-state index in [0.717, 1.165) is 41.7 Å². The second-order valence-corrected chi connectivity index (χ2v) is 5.46. The van der Waals surface area contributed by atoms with Crippen LogP contribution in [0.5, 0.6) is 0 Å². The van der Waals surface area contributed by atoms with Gasteiger partial charge in [0.1, 0.15) is 0 Å². The first-order chi connectivity index (χ1) is 10.2. The number of fused-ring (bicyclic) bond motifs is 1. The Labute approximate surface area is 124 Å². The van der Waals surface area contributed by atoms with Crippen LogP contribution in [0.25, 0.3) is 10.9 Å². The minimum Gasteiger partial charge on any atom is -0.396 e. The zero-order valence-electron chi connectivity index (χ0n) is 12.3. The molecule has 1 aliphatic rings. The number of nitrogens with two attached hydrogens (primary N) is 1. The van der Waals surface area contributed by atoms with E-state index in [2.05, 4.69) is 10.3 Å². The van der Waals surface area contributed by atoms with Crippen molar-refractivity contribution in [3.05, 3.63) is 30.5 Å². The van der Waals surface area contributed by atoms with Gasteiger partial charge in [-0.2, -0.15) is 0 Å². The van der Waals surface area contributed by atoms with Gasteiger partial charge >= 0.3 is 0 Å². The summed E-state index contributed by atoms with van der Waals surface area (Å²) in [4.78, 5) is 4.42. The van der Waals surface area contributed by atoms with Crippen LogP contribution in [0.4, 0.5) is 11.4 Å². The number of rotatable bonds is 5. The third kappa shape index (κ3) is 3.09. The highest BCUT2D eigenvalue weighted by Gasteiger charge is 2.29. The van der Waals surface area contributed by atoms with Crippen LogP contribution in [-0.2, 0) is 9.47 Å². The molecule has 0 bridgehead atoms. The summed E-state index contributed by atoms with van der Waals surface area (Å²) in [6, 6.07) is 7.89. The summed E-state index contributed by atoms with van der Waals surface area (Å²) in [7, 11) is 0. The van der Waals surface area contributed by atoms with E-state index in [9.17, 15) is 0 Å². The summed E-state index contributed by atoms with van der Waals surface area (Å²) in [6.45, 7) is 4.18. The molecule has 112 valence electrons. The lowest BCUT2D eigenvalue weighted by Gasteiger charge is -2.22. The fourth-order valence-corrected chi connectivity index (χ4v) is 2.64. The van der Waals surface area contributed by atoms with Crippen molar-refractivity contribution in [3.63, 3.8) is 0 Å². The standard InChI is InChI=1S/C16H21N3O2/c1-16(20-9-10-21-16)7-4-8-18-14-11-19-13-6-3-2-5-12(13)15(14)17/h2-3,5-6,11,18H,4,7-10H2,1H3,(H2,17,19). The van der Waals surface area contributed by atoms with E-state index in [-0.39, 0.29) is 0 Å². The number of nitrogens with one attached hydrogen (secondary N) is 1. The lowest BCUT2D eigenvalue weighted by Crippen LogP contribution is -2.26. The van der Waals surface area contributed by atoms with E-state index in [1.165, 1.54) is 0 Å². The molecule has 0 aliphatic carbocycles. The molecular weight excluding hydrogens is 266 g/mol. The number of nitrogens with zero attached hydrogens (tertiary/aromatic N) is 1. The summed E-state index contributed by atoms with van der Waals surface area (Å²) in [6.07, 6.45) is 3.60. The quantitative estimate of drug-likeness (QED) is 0.828. The summed E-state index contributed by atoms with van der Waals surface area (Å²) in [5.74, 6) is -0.422. The van der Waals surface area contributed by atoms with Gasteiger partial charge in [0.15, 0.2) is 5.79 Å². The molecule has 5 heteroatoms. The summed E-state index contributed by atoms with van der Waals surface area (Å²) < 4.78 is 11.2. The SMILES string of the molecule is CC1(CCCNc2cnc3ccccc3c2N)OCCO1. The predicted octanol–water partition coefficient (Wildman–Crippen LogP) is 2.77. The number of benzene rings is 1. The van der Waals surface area contributed by atoms with E-state index in [0.29, 0.717) is 13.2 Å². The molecule has 2 heterocycles. The highest BCUT2D eigenvalue weighted by atomic mass is 16.7. The van der Waals surface area contributed by atoms with Gasteiger partial charge < -0.3 is 20.5 Å². The topological polar surface area (TPSA) is 69.4 Å². The van der Waals surface area contributed by atoms with Crippen LogP contribution < -0.4 is 11.1 Å². The Morgan fingerprint density at radius 1 is 1.29 bits per heavy atom. The van der Waals surface area contributed by atoms with E-state index in [4.69, 9.17) is 15.2 Å². The molecule has 0 amide bonds. The molecule has 3 rings (SSSR count). The van der Waals surface area contributed by atoms with Gasteiger partial charge in [0.25, 0.3) is 0 Å². The van der Waals surface area contributed by atoms with Gasteiger partial charge in [0, 0.05) is 18.4 Å². The van der Waals surface area contributed by atoms with Gasteiger partial charge in [-0.1, -0.05) is 18.2 Å². The first-order valence-electron chi connectivity index (χ1n) is 7.33. The number of anilines is 2. The minimum atomic E-state index is -0.422. The highest BCUT2D eigenvalue weighted by molar-refractivity contribution is 5.96. The van der Waals surface area contributed by atoms with Crippen molar-refractivity contribution in [2.24, 2.45) is 0 Å². The van der Waals surface area contributed by atoms with E-state index >= 15 is 0 Å². The normalized spacial score (nSPS) is 17.2. The molecule has 0 radical (unpaired) electrons. The monoisotopic (exact) mass is 287 g/mol. The number of hydrogen-bond donors (Lipinski definition) is 2. The third-order valence-electron chi connectivity index (χ3n) is 3.84. The Balaban J connectivity index is 1.59. The van der Waals surface area contributed by atoms with Gasteiger partial charge in [0.05, 0.1) is 36.3 Å². The molecule has 0 saturated carbocycles. The molecule has 1 aromatic heterocycles.